The molecule has 1 rings (SSSR count). The van der Waals surface area contributed by atoms with Gasteiger partial charge in [0.2, 0.25) is 10.0 Å². The number of hydrogen-bond donors (Lipinski definition) is 0. The molecule has 0 radical (unpaired) electrons. The summed E-state index contributed by atoms with van der Waals surface area (Å²) in [5, 5.41) is 0. The van der Waals surface area contributed by atoms with Crippen LogP contribution in [0.3, 0.4) is 0 Å². The highest BCUT2D eigenvalue weighted by atomic mass is 35.5. The van der Waals surface area contributed by atoms with Gasteiger partial charge in [0.05, 0.1) is 12.4 Å². The molecule has 0 spiro atoms. The Kier molecular flexibility index (Phi) is 5.17. The summed E-state index contributed by atoms with van der Waals surface area (Å²) < 4.78 is 75.3. The predicted octanol–water partition coefficient (Wildman–Crippen LogP) is 2.59. The average molecular weight is 320 g/mol. The number of benzene rings is 1. The highest BCUT2D eigenvalue weighted by Gasteiger charge is 2.28. The first-order chi connectivity index (χ1) is 8.71. The molecule has 19 heavy (non-hydrogen) atoms. The first-order valence-electron chi connectivity index (χ1n) is 4.99. The lowest BCUT2D eigenvalue weighted by Crippen LogP contribution is -2.32. The summed E-state index contributed by atoms with van der Waals surface area (Å²) >= 11 is 5.32. The first-order valence-corrected chi connectivity index (χ1v) is 6.96. The topological polar surface area (TPSA) is 37.4 Å². The van der Waals surface area contributed by atoms with Crippen molar-refractivity contribution in [2.45, 2.75) is 17.2 Å². The zero-order chi connectivity index (χ0) is 14.8. The van der Waals surface area contributed by atoms with Gasteiger partial charge >= 0.3 is 0 Å². The second kappa shape index (κ2) is 6.06. The van der Waals surface area contributed by atoms with Gasteiger partial charge in [-0.05, 0) is 12.1 Å². The maximum atomic E-state index is 13.8. The average Bonchev–Trinajstić information content (AvgIpc) is 2.28. The lowest BCUT2D eigenvalue weighted by Gasteiger charge is -2.17. The molecule has 0 atom stereocenters. The van der Waals surface area contributed by atoms with E-state index in [0.29, 0.717) is 10.4 Å². The Bertz CT molecular complexity index is 565. The van der Waals surface area contributed by atoms with Crippen molar-refractivity contribution >= 4 is 21.6 Å². The van der Waals surface area contributed by atoms with Gasteiger partial charge in [-0.3, -0.25) is 0 Å². The molecule has 0 aliphatic carbocycles. The molecule has 9 heteroatoms. The minimum absolute atomic E-state index is 0.298. The van der Waals surface area contributed by atoms with Crippen molar-refractivity contribution in [3.8, 4) is 0 Å². The second-order valence-corrected chi connectivity index (χ2v) is 5.93. The van der Waals surface area contributed by atoms with Gasteiger partial charge in [0.1, 0.15) is 10.7 Å². The van der Waals surface area contributed by atoms with Crippen molar-refractivity contribution < 1.29 is 26.0 Å². The standard InChI is InChI=1S/C10H10ClF4NO2S/c1-16(5-9(13)14)19(17,18)8-3-2-7(12)6(4-11)10(8)15/h2-3,9H,4-5H2,1H3. The molecular formula is C10H10ClF4NO2S. The Labute approximate surface area is 112 Å². The van der Waals surface area contributed by atoms with E-state index in [-0.39, 0.29) is 0 Å². The molecule has 108 valence electrons. The highest BCUT2D eigenvalue weighted by molar-refractivity contribution is 7.89. The summed E-state index contributed by atoms with van der Waals surface area (Å²) in [5.74, 6) is -2.93. The fourth-order valence-corrected chi connectivity index (χ4v) is 2.84. The Morgan fingerprint density at radius 3 is 2.37 bits per heavy atom. The second-order valence-electron chi connectivity index (χ2n) is 3.65. The lowest BCUT2D eigenvalue weighted by atomic mass is 10.2. The minimum Gasteiger partial charge on any atom is -0.209 e. The Morgan fingerprint density at radius 2 is 1.89 bits per heavy atom. The van der Waals surface area contributed by atoms with E-state index in [1.165, 1.54) is 0 Å². The molecule has 0 fully saturated rings. The van der Waals surface area contributed by atoms with E-state index >= 15 is 0 Å². The Hall–Kier alpha value is -0.860. The smallest absolute Gasteiger partial charge is 0.209 e. The molecule has 0 saturated heterocycles. The van der Waals surface area contributed by atoms with Gasteiger partial charge in [0, 0.05) is 12.6 Å². The number of hydrogen-bond acceptors (Lipinski definition) is 2. The van der Waals surface area contributed by atoms with Crippen molar-refractivity contribution in [2.75, 3.05) is 13.6 Å². The van der Waals surface area contributed by atoms with E-state index in [9.17, 15) is 26.0 Å². The summed E-state index contributed by atoms with van der Waals surface area (Å²) in [4.78, 5) is -0.882. The molecular weight excluding hydrogens is 310 g/mol. The third-order valence-electron chi connectivity index (χ3n) is 2.37. The summed E-state index contributed by atoms with van der Waals surface area (Å²) in [6.07, 6.45) is -2.91. The molecule has 1 aromatic rings. The van der Waals surface area contributed by atoms with Crippen LogP contribution in [0.15, 0.2) is 17.0 Å². The van der Waals surface area contributed by atoms with Crippen LogP contribution in [0.4, 0.5) is 17.6 Å². The van der Waals surface area contributed by atoms with E-state index in [2.05, 4.69) is 0 Å². The third-order valence-corrected chi connectivity index (χ3v) is 4.48. The van der Waals surface area contributed by atoms with Gasteiger partial charge in [-0.25, -0.2) is 26.0 Å². The monoisotopic (exact) mass is 319 g/mol. The SMILES string of the molecule is CN(CC(F)F)S(=O)(=O)c1ccc(F)c(CCl)c1F. The molecule has 0 saturated carbocycles. The van der Waals surface area contributed by atoms with Crippen molar-refractivity contribution in [3.05, 3.63) is 29.3 Å². The highest BCUT2D eigenvalue weighted by Crippen LogP contribution is 2.24. The molecule has 0 aromatic heterocycles. The van der Waals surface area contributed by atoms with Crippen molar-refractivity contribution in [2.24, 2.45) is 0 Å². The van der Waals surface area contributed by atoms with Crippen LogP contribution in [0, 0.1) is 11.6 Å². The van der Waals surface area contributed by atoms with Crippen LogP contribution in [0.5, 0.6) is 0 Å². The largest absolute Gasteiger partial charge is 0.252 e. The molecule has 0 aliphatic heterocycles. The first kappa shape index (κ1) is 16.2. The van der Waals surface area contributed by atoms with Gasteiger partial charge in [-0.15, -0.1) is 11.6 Å². The van der Waals surface area contributed by atoms with Crippen molar-refractivity contribution in [1.29, 1.82) is 0 Å². The summed E-state index contributed by atoms with van der Waals surface area (Å²) in [6.45, 7) is -1.09. The lowest BCUT2D eigenvalue weighted by molar-refractivity contribution is 0.126. The van der Waals surface area contributed by atoms with Gasteiger partial charge < -0.3 is 0 Å². The van der Waals surface area contributed by atoms with Gasteiger partial charge in [-0.2, -0.15) is 4.31 Å². The van der Waals surface area contributed by atoms with Gasteiger partial charge in [-0.1, -0.05) is 0 Å². The number of sulfonamides is 1. The van der Waals surface area contributed by atoms with E-state index in [1.807, 2.05) is 0 Å². The van der Waals surface area contributed by atoms with Crippen LogP contribution in [0.25, 0.3) is 0 Å². The molecule has 1 aromatic carbocycles. The summed E-state index contributed by atoms with van der Waals surface area (Å²) in [6, 6.07) is 1.40. The number of rotatable bonds is 5. The van der Waals surface area contributed by atoms with E-state index in [1.54, 1.807) is 0 Å². The summed E-state index contributed by atoms with van der Waals surface area (Å²) in [5.41, 5.74) is -0.617. The normalized spacial score (nSPS) is 12.4. The van der Waals surface area contributed by atoms with Crippen LogP contribution in [0.1, 0.15) is 5.56 Å². The van der Waals surface area contributed by atoms with Crippen molar-refractivity contribution in [1.82, 2.24) is 4.31 Å². The number of halogens is 5. The van der Waals surface area contributed by atoms with Gasteiger partial charge in [0.25, 0.3) is 6.43 Å². The fraction of sp³-hybridized carbons (Fsp3) is 0.400. The van der Waals surface area contributed by atoms with Crippen LogP contribution >= 0.6 is 11.6 Å². The summed E-state index contributed by atoms with van der Waals surface area (Å²) in [7, 11) is -3.58. The molecule has 0 unspecified atom stereocenters. The predicted molar refractivity (Wildman–Crippen MR) is 61.7 cm³/mol. The maximum Gasteiger partial charge on any atom is 0.252 e. The maximum absolute atomic E-state index is 13.8. The number of nitrogens with zero attached hydrogens (tertiary/aromatic N) is 1. The van der Waals surface area contributed by atoms with Crippen LogP contribution in [0.2, 0.25) is 0 Å². The van der Waals surface area contributed by atoms with E-state index in [0.717, 1.165) is 13.1 Å². The molecule has 0 heterocycles. The minimum atomic E-state index is -4.46. The van der Waals surface area contributed by atoms with Crippen LogP contribution in [-0.4, -0.2) is 32.7 Å². The molecule has 0 bridgehead atoms. The zero-order valence-electron chi connectivity index (χ0n) is 9.71. The number of alkyl halides is 3. The van der Waals surface area contributed by atoms with E-state index < -0.39 is 51.0 Å². The quantitative estimate of drug-likeness (QED) is 0.618. The van der Waals surface area contributed by atoms with E-state index in [4.69, 9.17) is 11.6 Å². The zero-order valence-corrected chi connectivity index (χ0v) is 11.3. The van der Waals surface area contributed by atoms with Crippen LogP contribution < -0.4 is 0 Å². The fourth-order valence-electron chi connectivity index (χ4n) is 1.36. The Balaban J connectivity index is 3.30. The van der Waals surface area contributed by atoms with Crippen LogP contribution in [-0.2, 0) is 15.9 Å². The molecule has 0 N–H and O–H groups in total. The molecule has 0 amide bonds. The van der Waals surface area contributed by atoms with Gasteiger partial charge in [0.15, 0.2) is 5.82 Å². The van der Waals surface area contributed by atoms with Crippen molar-refractivity contribution in [3.63, 3.8) is 0 Å². The molecule has 3 nitrogen and oxygen atoms in total. The molecule has 0 aliphatic rings. The Morgan fingerprint density at radius 1 is 1.32 bits per heavy atom. The third kappa shape index (κ3) is 3.37.